The van der Waals surface area contributed by atoms with Crippen LogP contribution in [0.25, 0.3) is 10.9 Å². The van der Waals surface area contributed by atoms with Gasteiger partial charge in [-0.2, -0.15) is 0 Å². The number of aromatic amines is 1. The van der Waals surface area contributed by atoms with Crippen molar-refractivity contribution in [3.8, 4) is 5.75 Å². The zero-order valence-electron chi connectivity index (χ0n) is 16.5. The van der Waals surface area contributed by atoms with Crippen molar-refractivity contribution in [2.24, 2.45) is 0 Å². The van der Waals surface area contributed by atoms with E-state index >= 15 is 0 Å². The van der Waals surface area contributed by atoms with E-state index in [4.69, 9.17) is 4.74 Å². The number of hydrogen-bond acceptors (Lipinski definition) is 4. The molecular weight excluding hydrogens is 368 g/mol. The number of carbonyl (C=O) groups is 2. The van der Waals surface area contributed by atoms with Crippen molar-refractivity contribution in [1.82, 2.24) is 4.98 Å². The highest BCUT2D eigenvalue weighted by Crippen LogP contribution is 2.45. The van der Waals surface area contributed by atoms with Crippen LogP contribution in [0.15, 0.2) is 59.9 Å². The number of amides is 1. The average Bonchev–Trinajstić information content (AvgIpc) is 3.20. The summed E-state index contributed by atoms with van der Waals surface area (Å²) in [4.78, 5) is 30.7. The summed E-state index contributed by atoms with van der Waals surface area (Å²) in [5, 5.41) is 11.6. The molecule has 1 aliphatic rings. The summed E-state index contributed by atoms with van der Waals surface area (Å²) < 4.78 is 5.30. The summed E-state index contributed by atoms with van der Waals surface area (Å²) >= 11 is 0. The molecule has 2 heterocycles. The van der Waals surface area contributed by atoms with Crippen molar-refractivity contribution >= 4 is 28.3 Å². The van der Waals surface area contributed by atoms with E-state index in [-0.39, 0.29) is 17.8 Å². The fourth-order valence-corrected chi connectivity index (χ4v) is 4.03. The molecular formula is C23H22N2O4. The van der Waals surface area contributed by atoms with Crippen molar-refractivity contribution in [1.29, 1.82) is 0 Å². The number of H-pyrrole nitrogens is 1. The summed E-state index contributed by atoms with van der Waals surface area (Å²) in [5.41, 5.74) is 3.24. The minimum atomic E-state index is -0.724. The molecule has 0 saturated carbocycles. The largest absolute Gasteiger partial charge is 0.503 e. The van der Waals surface area contributed by atoms with Gasteiger partial charge in [0, 0.05) is 40.3 Å². The van der Waals surface area contributed by atoms with Gasteiger partial charge in [-0.1, -0.05) is 31.2 Å². The number of anilines is 1. The van der Waals surface area contributed by atoms with Crippen LogP contribution in [-0.2, 0) is 9.59 Å². The van der Waals surface area contributed by atoms with Gasteiger partial charge in [-0.25, -0.2) is 0 Å². The van der Waals surface area contributed by atoms with E-state index in [1.165, 1.54) is 4.90 Å². The monoisotopic (exact) mass is 390 g/mol. The molecule has 0 saturated heterocycles. The van der Waals surface area contributed by atoms with Gasteiger partial charge in [0.15, 0.2) is 11.5 Å². The molecule has 0 radical (unpaired) electrons. The molecule has 29 heavy (non-hydrogen) atoms. The van der Waals surface area contributed by atoms with Gasteiger partial charge in [0.05, 0.1) is 18.7 Å². The maximum absolute atomic E-state index is 13.1. The van der Waals surface area contributed by atoms with Crippen LogP contribution < -0.4 is 9.64 Å². The van der Waals surface area contributed by atoms with Crippen LogP contribution in [0.2, 0.25) is 0 Å². The lowest BCUT2D eigenvalue weighted by molar-refractivity contribution is -0.118. The predicted octanol–water partition coefficient (Wildman–Crippen LogP) is 4.36. The minimum absolute atomic E-state index is 0.133. The van der Waals surface area contributed by atoms with Gasteiger partial charge in [0.25, 0.3) is 5.91 Å². The number of benzene rings is 2. The molecule has 4 rings (SSSR count). The van der Waals surface area contributed by atoms with Crippen LogP contribution in [-0.4, -0.2) is 28.9 Å². The molecule has 1 aromatic heterocycles. The van der Waals surface area contributed by atoms with E-state index in [2.05, 4.69) is 4.98 Å². The third-order valence-corrected chi connectivity index (χ3v) is 5.38. The van der Waals surface area contributed by atoms with Gasteiger partial charge in [-0.15, -0.1) is 0 Å². The first-order chi connectivity index (χ1) is 14.0. The van der Waals surface area contributed by atoms with Crippen molar-refractivity contribution in [3.63, 3.8) is 0 Å². The molecule has 2 N–H and O–H groups in total. The second-order valence-electron chi connectivity index (χ2n) is 7.03. The first-order valence-corrected chi connectivity index (χ1v) is 9.49. The van der Waals surface area contributed by atoms with E-state index in [1.807, 2.05) is 31.2 Å². The summed E-state index contributed by atoms with van der Waals surface area (Å²) in [6.07, 6.45) is 0.191. The van der Waals surface area contributed by atoms with Gasteiger partial charge in [0.2, 0.25) is 0 Å². The van der Waals surface area contributed by atoms with Crippen LogP contribution >= 0.6 is 0 Å². The number of aliphatic hydroxyl groups excluding tert-OH is 1. The van der Waals surface area contributed by atoms with E-state index in [0.29, 0.717) is 11.4 Å². The highest BCUT2D eigenvalue weighted by atomic mass is 16.5. The van der Waals surface area contributed by atoms with Crippen LogP contribution in [0.3, 0.4) is 0 Å². The fraction of sp³-hybridized carbons (Fsp3) is 0.217. The summed E-state index contributed by atoms with van der Waals surface area (Å²) in [5.74, 6) is -0.755. The molecule has 148 valence electrons. The fourth-order valence-electron chi connectivity index (χ4n) is 4.03. The van der Waals surface area contributed by atoms with Gasteiger partial charge in [0.1, 0.15) is 5.75 Å². The number of methoxy groups -OCH3 is 1. The molecule has 2 aromatic carbocycles. The van der Waals surface area contributed by atoms with Crippen molar-refractivity contribution < 1.29 is 19.4 Å². The molecule has 6 nitrogen and oxygen atoms in total. The highest BCUT2D eigenvalue weighted by Gasteiger charge is 2.45. The van der Waals surface area contributed by atoms with Crippen LogP contribution in [0.1, 0.15) is 30.6 Å². The number of aryl methyl sites for hydroxylation is 1. The SMILES string of the molecule is CCC(=O)C1=C(O)C(=O)N(c2cccc(OC)c2)C1c1c(C)[nH]c2ccccc12. The lowest BCUT2D eigenvalue weighted by Crippen LogP contribution is -2.31. The summed E-state index contributed by atoms with van der Waals surface area (Å²) in [6, 6.07) is 14.1. The Hall–Kier alpha value is -3.54. The molecule has 0 aliphatic carbocycles. The maximum atomic E-state index is 13.1. The number of hydrogen-bond donors (Lipinski definition) is 2. The number of rotatable bonds is 5. The molecule has 0 bridgehead atoms. The zero-order valence-corrected chi connectivity index (χ0v) is 16.5. The van der Waals surface area contributed by atoms with E-state index in [0.717, 1.165) is 22.2 Å². The average molecular weight is 390 g/mol. The zero-order chi connectivity index (χ0) is 20.7. The molecule has 0 spiro atoms. The second kappa shape index (κ2) is 7.13. The maximum Gasteiger partial charge on any atom is 0.294 e. The molecule has 1 atom stereocenters. The van der Waals surface area contributed by atoms with Crippen molar-refractivity contribution in [2.75, 3.05) is 12.0 Å². The van der Waals surface area contributed by atoms with Gasteiger partial charge in [-0.05, 0) is 25.1 Å². The lowest BCUT2D eigenvalue weighted by atomic mass is 9.92. The lowest BCUT2D eigenvalue weighted by Gasteiger charge is -2.27. The number of ether oxygens (including phenoxy) is 1. The number of ketones is 1. The molecule has 6 heteroatoms. The minimum Gasteiger partial charge on any atom is -0.503 e. The quantitative estimate of drug-likeness (QED) is 0.678. The third-order valence-electron chi connectivity index (χ3n) is 5.38. The molecule has 1 aliphatic heterocycles. The third kappa shape index (κ3) is 2.88. The Morgan fingerprint density at radius 3 is 2.69 bits per heavy atom. The van der Waals surface area contributed by atoms with Gasteiger partial charge >= 0.3 is 0 Å². The normalized spacial score (nSPS) is 16.7. The first-order valence-electron chi connectivity index (χ1n) is 9.49. The van der Waals surface area contributed by atoms with Crippen LogP contribution in [0.4, 0.5) is 5.69 Å². The summed E-state index contributed by atoms with van der Waals surface area (Å²) in [7, 11) is 1.55. The molecule has 1 amide bonds. The predicted molar refractivity (Wildman–Crippen MR) is 111 cm³/mol. The smallest absolute Gasteiger partial charge is 0.294 e. The number of fused-ring (bicyclic) bond motifs is 1. The van der Waals surface area contributed by atoms with E-state index in [1.54, 1.807) is 38.3 Å². The molecule has 0 fully saturated rings. The number of nitrogens with zero attached hydrogens (tertiary/aromatic N) is 1. The van der Waals surface area contributed by atoms with E-state index < -0.39 is 17.7 Å². The Kier molecular flexibility index (Phi) is 4.62. The molecule has 1 unspecified atom stereocenters. The van der Waals surface area contributed by atoms with Crippen LogP contribution in [0, 0.1) is 6.92 Å². The number of Topliss-reactive ketones (excluding diaryl/α,β-unsaturated/α-hetero) is 1. The Morgan fingerprint density at radius 1 is 1.21 bits per heavy atom. The topological polar surface area (TPSA) is 82.6 Å². The Labute approximate surface area is 168 Å². The van der Waals surface area contributed by atoms with E-state index in [9.17, 15) is 14.7 Å². The number of para-hydroxylation sites is 1. The number of nitrogens with one attached hydrogen (secondary N) is 1. The Bertz CT molecular complexity index is 1160. The van der Waals surface area contributed by atoms with Gasteiger partial charge in [-0.3, -0.25) is 14.5 Å². The number of aliphatic hydroxyl groups is 1. The molecule has 3 aromatic rings. The second-order valence-corrected chi connectivity index (χ2v) is 7.03. The van der Waals surface area contributed by atoms with Crippen molar-refractivity contribution in [2.45, 2.75) is 26.3 Å². The van der Waals surface area contributed by atoms with Crippen LogP contribution in [0.5, 0.6) is 5.75 Å². The number of carbonyl (C=O) groups excluding carboxylic acids is 2. The summed E-state index contributed by atoms with van der Waals surface area (Å²) in [6.45, 7) is 3.63. The highest BCUT2D eigenvalue weighted by molar-refractivity contribution is 6.17. The standard InChI is InChI=1S/C23H22N2O4/c1-4-18(26)20-21(19-13(2)24-17-11-6-5-10-16(17)19)25(23(28)22(20)27)14-8-7-9-15(12-14)29-3/h5-12,21,24,27H,4H2,1-3H3. The Morgan fingerprint density at radius 2 is 1.97 bits per heavy atom. The first kappa shape index (κ1) is 18.8. The van der Waals surface area contributed by atoms with Crippen molar-refractivity contribution in [3.05, 3.63) is 71.1 Å². The Balaban J connectivity index is 1.99. The number of aromatic nitrogens is 1. The van der Waals surface area contributed by atoms with Gasteiger partial charge < -0.3 is 14.8 Å².